The highest BCUT2D eigenvalue weighted by Crippen LogP contribution is 2.59. The van der Waals surface area contributed by atoms with Crippen molar-refractivity contribution < 1.29 is 9.53 Å². The zero-order valence-electron chi connectivity index (χ0n) is 24.9. The topological polar surface area (TPSA) is 57.7 Å². The Morgan fingerprint density at radius 2 is 1.62 bits per heavy atom. The monoisotopic (exact) mass is 564 g/mol. The molecule has 0 atom stereocenters. The Hall–Kier alpha value is -3.38. The highest BCUT2D eigenvalue weighted by molar-refractivity contribution is 5.94. The zero-order chi connectivity index (χ0) is 28.5. The first kappa shape index (κ1) is 27.5. The number of hydrogen-bond acceptors (Lipinski definition) is 5. The van der Waals surface area contributed by atoms with Crippen molar-refractivity contribution in [1.82, 2.24) is 15.2 Å². The number of nitrogens with one attached hydrogen (secondary N) is 1. The first-order valence-corrected chi connectivity index (χ1v) is 16.1. The van der Waals surface area contributed by atoms with Crippen LogP contribution >= 0.6 is 0 Å². The molecule has 5 fully saturated rings. The highest BCUT2D eigenvalue weighted by Gasteiger charge is 2.50. The van der Waals surface area contributed by atoms with Gasteiger partial charge in [-0.3, -0.25) is 14.7 Å². The second-order valence-corrected chi connectivity index (χ2v) is 13.4. The summed E-state index contributed by atoms with van der Waals surface area (Å²) in [7, 11) is 0. The van der Waals surface area contributed by atoms with E-state index < -0.39 is 0 Å². The van der Waals surface area contributed by atoms with E-state index >= 15 is 0 Å². The van der Waals surface area contributed by atoms with Gasteiger partial charge in [-0.2, -0.15) is 0 Å². The fourth-order valence-electron chi connectivity index (χ4n) is 8.86. The zero-order valence-corrected chi connectivity index (χ0v) is 24.9. The highest BCUT2D eigenvalue weighted by atomic mass is 16.5. The van der Waals surface area contributed by atoms with E-state index in [0.717, 1.165) is 73.9 Å². The van der Waals surface area contributed by atoms with Crippen LogP contribution in [0, 0.1) is 23.2 Å². The molecular formula is C36H44N4O2. The summed E-state index contributed by atoms with van der Waals surface area (Å²) in [4.78, 5) is 22.5. The molecule has 6 nitrogen and oxygen atoms in total. The molecule has 1 aromatic heterocycles. The molecule has 42 heavy (non-hydrogen) atoms. The van der Waals surface area contributed by atoms with Gasteiger partial charge in [-0.05, 0) is 110 Å². The second kappa shape index (κ2) is 11.7. The van der Waals surface area contributed by atoms with Crippen molar-refractivity contribution in [2.24, 2.45) is 23.2 Å². The summed E-state index contributed by atoms with van der Waals surface area (Å²) in [6, 6.07) is 19.0. The molecule has 4 aliphatic carbocycles. The van der Waals surface area contributed by atoms with Gasteiger partial charge in [-0.15, -0.1) is 0 Å². The van der Waals surface area contributed by atoms with E-state index in [9.17, 15) is 4.79 Å². The molecule has 4 saturated carbocycles. The summed E-state index contributed by atoms with van der Waals surface area (Å²) >= 11 is 0. The van der Waals surface area contributed by atoms with Gasteiger partial charge in [0.25, 0.3) is 5.91 Å². The minimum absolute atomic E-state index is 0.0859. The normalized spacial score (nSPS) is 26.8. The van der Waals surface area contributed by atoms with Gasteiger partial charge in [0, 0.05) is 62.3 Å². The number of hydrogen-bond donors (Lipinski definition) is 1. The van der Waals surface area contributed by atoms with Gasteiger partial charge in [0.05, 0.1) is 12.8 Å². The number of piperazine rings is 1. The molecule has 0 unspecified atom stereocenters. The lowest BCUT2D eigenvalue weighted by molar-refractivity contribution is -0.0503. The van der Waals surface area contributed by atoms with Crippen molar-refractivity contribution in [2.75, 3.05) is 44.2 Å². The Bertz CT molecular complexity index is 1360. The van der Waals surface area contributed by atoms with E-state index in [0.29, 0.717) is 12.0 Å². The number of benzene rings is 2. The Labute approximate surface area is 250 Å². The lowest BCUT2D eigenvalue weighted by Crippen LogP contribution is -2.51. The van der Waals surface area contributed by atoms with Crippen LogP contribution < -0.4 is 15.0 Å². The molecule has 4 bridgehead atoms. The number of rotatable bonds is 9. The molecule has 1 saturated heterocycles. The second-order valence-electron chi connectivity index (χ2n) is 13.4. The van der Waals surface area contributed by atoms with Crippen molar-refractivity contribution in [1.29, 1.82) is 0 Å². The predicted octanol–water partition coefficient (Wildman–Crippen LogP) is 6.42. The van der Waals surface area contributed by atoms with Crippen LogP contribution in [0.1, 0.15) is 61.4 Å². The largest absolute Gasteiger partial charge is 0.492 e. The maximum atomic E-state index is 13.1. The summed E-state index contributed by atoms with van der Waals surface area (Å²) in [5, 5.41) is 3.34. The van der Waals surface area contributed by atoms with Crippen LogP contribution in [-0.4, -0.2) is 55.1 Å². The molecular weight excluding hydrogens is 520 g/mol. The number of carbonyl (C=O) groups is 1. The molecule has 0 radical (unpaired) electrons. The number of ether oxygens (including phenoxy) is 1. The molecule has 1 N–H and O–H groups in total. The third-order valence-corrected chi connectivity index (χ3v) is 10.4. The molecule has 6 heteroatoms. The van der Waals surface area contributed by atoms with Gasteiger partial charge in [-0.1, -0.05) is 24.3 Å². The average Bonchev–Trinajstić information content (AvgIpc) is 3.00. The van der Waals surface area contributed by atoms with Gasteiger partial charge in [-0.25, -0.2) is 0 Å². The van der Waals surface area contributed by atoms with Crippen LogP contribution in [0.4, 0.5) is 5.69 Å². The predicted molar refractivity (Wildman–Crippen MR) is 168 cm³/mol. The van der Waals surface area contributed by atoms with Gasteiger partial charge >= 0.3 is 0 Å². The smallest absolute Gasteiger partial charge is 0.251 e. The Kier molecular flexibility index (Phi) is 7.66. The molecule has 3 aromatic rings. The molecule has 1 aliphatic heterocycles. The third-order valence-electron chi connectivity index (χ3n) is 10.4. The summed E-state index contributed by atoms with van der Waals surface area (Å²) in [5.41, 5.74) is 5.97. The third kappa shape index (κ3) is 5.78. The summed E-state index contributed by atoms with van der Waals surface area (Å²) < 4.78 is 5.69. The molecule has 5 aliphatic rings. The SMILES string of the molecule is CCOc1cncc(-c2ccccc2CN2CCN(c3ccc(C(=O)NCC45CC6CC(CC(C6)C4)C5)cc3)CC2)c1. The van der Waals surface area contributed by atoms with Gasteiger partial charge < -0.3 is 15.0 Å². The van der Waals surface area contributed by atoms with E-state index in [1.165, 1.54) is 55.3 Å². The molecule has 2 aromatic carbocycles. The van der Waals surface area contributed by atoms with Crippen LogP contribution in [-0.2, 0) is 6.54 Å². The first-order chi connectivity index (χ1) is 20.6. The maximum Gasteiger partial charge on any atom is 0.251 e. The maximum absolute atomic E-state index is 13.1. The van der Waals surface area contributed by atoms with E-state index in [1.54, 1.807) is 6.20 Å². The number of anilines is 1. The van der Waals surface area contributed by atoms with Crippen LogP contribution in [0.15, 0.2) is 67.0 Å². The Morgan fingerprint density at radius 3 is 2.31 bits per heavy atom. The van der Waals surface area contributed by atoms with Crippen LogP contribution in [0.25, 0.3) is 11.1 Å². The average molecular weight is 565 g/mol. The Balaban J connectivity index is 0.926. The first-order valence-electron chi connectivity index (χ1n) is 16.1. The van der Waals surface area contributed by atoms with E-state index in [2.05, 4.69) is 62.6 Å². The van der Waals surface area contributed by atoms with Crippen LogP contribution in [0.3, 0.4) is 0 Å². The quantitative estimate of drug-likeness (QED) is 0.325. The number of amides is 1. The van der Waals surface area contributed by atoms with Crippen molar-refractivity contribution >= 4 is 11.6 Å². The molecule has 1 amide bonds. The summed E-state index contributed by atoms with van der Waals surface area (Å²) in [6.45, 7) is 8.34. The number of pyridine rings is 1. The van der Waals surface area contributed by atoms with E-state index in [-0.39, 0.29) is 5.91 Å². The van der Waals surface area contributed by atoms with Gasteiger partial charge in [0.15, 0.2) is 0 Å². The number of aromatic nitrogens is 1. The molecule has 8 rings (SSSR count). The van der Waals surface area contributed by atoms with Gasteiger partial charge in [0.2, 0.25) is 0 Å². The lowest BCUT2D eigenvalue weighted by atomic mass is 9.49. The van der Waals surface area contributed by atoms with Crippen molar-refractivity contribution in [2.45, 2.75) is 52.0 Å². The van der Waals surface area contributed by atoms with Gasteiger partial charge in [0.1, 0.15) is 5.75 Å². The van der Waals surface area contributed by atoms with Crippen molar-refractivity contribution in [3.8, 4) is 16.9 Å². The summed E-state index contributed by atoms with van der Waals surface area (Å²) in [6.07, 6.45) is 12.0. The minimum Gasteiger partial charge on any atom is -0.492 e. The van der Waals surface area contributed by atoms with E-state index in [4.69, 9.17) is 4.74 Å². The minimum atomic E-state index is 0.0859. The number of carbonyl (C=O) groups excluding carboxylic acids is 1. The van der Waals surface area contributed by atoms with Crippen LogP contribution in [0.2, 0.25) is 0 Å². The fourth-order valence-corrected chi connectivity index (χ4v) is 8.86. The summed E-state index contributed by atoms with van der Waals surface area (Å²) in [5.74, 6) is 3.64. The molecule has 0 spiro atoms. The molecule has 220 valence electrons. The van der Waals surface area contributed by atoms with Crippen LogP contribution in [0.5, 0.6) is 5.75 Å². The molecule has 2 heterocycles. The fraction of sp³-hybridized carbons (Fsp3) is 0.500. The number of nitrogens with zero attached hydrogens (tertiary/aromatic N) is 3. The standard InChI is InChI=1S/C36H44N4O2/c1-2-42-33-18-31(22-37-23-33)34-6-4-3-5-30(34)24-39-11-13-40(14-12-39)32-9-7-29(8-10-32)35(41)38-25-36-19-26-15-27(20-36)17-28(16-26)21-36/h3-10,18,22-23,26-28H,2,11-17,19-21,24-25H2,1H3,(H,38,41). The Morgan fingerprint density at radius 1 is 0.929 bits per heavy atom. The van der Waals surface area contributed by atoms with E-state index in [1.807, 2.05) is 25.3 Å². The van der Waals surface area contributed by atoms with Crippen molar-refractivity contribution in [3.05, 3.63) is 78.1 Å². The lowest BCUT2D eigenvalue weighted by Gasteiger charge is -2.56. The van der Waals surface area contributed by atoms with Crippen molar-refractivity contribution in [3.63, 3.8) is 0 Å².